The molecular weight excluding hydrogens is 454 g/mol. The number of carbonyl (C=O) groups is 1. The molecule has 180 valence electrons. The van der Waals surface area contributed by atoms with Gasteiger partial charge in [-0.1, -0.05) is 6.92 Å². The Bertz CT molecular complexity index is 1130. The van der Waals surface area contributed by atoms with Gasteiger partial charge in [-0.05, 0) is 32.3 Å². The lowest BCUT2D eigenvalue weighted by Gasteiger charge is -2.15. The van der Waals surface area contributed by atoms with Crippen LogP contribution >= 0.6 is 0 Å². The molecule has 0 radical (unpaired) electrons. The van der Waals surface area contributed by atoms with Crippen LogP contribution in [0.3, 0.4) is 0 Å². The fraction of sp³-hybridized carbons (Fsp3) is 0.500. The van der Waals surface area contributed by atoms with Crippen molar-refractivity contribution in [3.63, 3.8) is 0 Å². The number of nitro benzene ring substituents is 1. The molecule has 33 heavy (non-hydrogen) atoms. The van der Waals surface area contributed by atoms with Crippen molar-refractivity contribution in [2.45, 2.75) is 50.2 Å². The van der Waals surface area contributed by atoms with E-state index in [2.05, 4.69) is 15.1 Å². The van der Waals surface area contributed by atoms with Crippen molar-refractivity contribution in [1.82, 2.24) is 19.8 Å². The van der Waals surface area contributed by atoms with Crippen LogP contribution in [0, 0.1) is 10.1 Å². The summed E-state index contributed by atoms with van der Waals surface area (Å²) in [7, 11) is -2.59. The monoisotopic (exact) mass is 481 g/mol. The topological polar surface area (TPSA) is 155 Å². The van der Waals surface area contributed by atoms with E-state index in [-0.39, 0.29) is 28.3 Å². The molecule has 1 aromatic heterocycles. The second kappa shape index (κ2) is 10.3. The van der Waals surface area contributed by atoms with Crippen LogP contribution in [-0.4, -0.2) is 54.3 Å². The number of aromatic nitrogens is 2. The molecule has 1 amide bonds. The van der Waals surface area contributed by atoms with Gasteiger partial charge in [0.05, 0.1) is 11.0 Å². The lowest BCUT2D eigenvalue weighted by atomic mass is 10.2. The van der Waals surface area contributed by atoms with E-state index in [0.29, 0.717) is 19.6 Å². The minimum atomic E-state index is -4.12. The Morgan fingerprint density at radius 1 is 1.42 bits per heavy atom. The number of nitrogens with zero attached hydrogens (tertiary/aromatic N) is 3. The Balaban J connectivity index is 1.85. The lowest BCUT2D eigenvalue weighted by molar-refractivity contribution is -0.385. The largest absolute Gasteiger partial charge is 0.438 e. The van der Waals surface area contributed by atoms with Gasteiger partial charge in [0.1, 0.15) is 10.6 Å². The Kier molecular flexibility index (Phi) is 7.66. The van der Waals surface area contributed by atoms with Crippen molar-refractivity contribution in [3.8, 4) is 11.6 Å². The van der Waals surface area contributed by atoms with Gasteiger partial charge >= 0.3 is 0 Å². The minimum absolute atomic E-state index is 0.0285. The van der Waals surface area contributed by atoms with Crippen molar-refractivity contribution in [1.29, 1.82) is 0 Å². The molecular formula is C20H27N5O7S. The summed E-state index contributed by atoms with van der Waals surface area (Å²) in [4.78, 5) is 22.6. The maximum absolute atomic E-state index is 12.9. The van der Waals surface area contributed by atoms with Crippen molar-refractivity contribution in [3.05, 3.63) is 40.1 Å². The number of benzene rings is 1. The van der Waals surface area contributed by atoms with Gasteiger partial charge < -0.3 is 14.8 Å². The van der Waals surface area contributed by atoms with Gasteiger partial charge in [0.2, 0.25) is 15.9 Å². The average molecular weight is 482 g/mol. The van der Waals surface area contributed by atoms with Crippen molar-refractivity contribution < 1.29 is 27.6 Å². The van der Waals surface area contributed by atoms with Gasteiger partial charge in [-0.2, -0.15) is 5.10 Å². The molecule has 2 heterocycles. The third kappa shape index (κ3) is 6.06. The quantitative estimate of drug-likeness (QED) is 0.386. The molecule has 0 bridgehead atoms. The lowest BCUT2D eigenvalue weighted by Crippen LogP contribution is -2.32. The molecule has 1 aliphatic heterocycles. The standard InChI is InChI=1S/C20H27N5O7S/c1-4-13(2)23-33(29,30)18-10-14(25(27)28)7-8-17(18)32-19-11-16(22-24(19)3)20(26)21-12-15-6-5-9-31-15/h7-8,10-11,13,15,23H,4-6,9,12H2,1-3H3,(H,21,26)/t13-,15+/m0/s1. The first kappa shape index (κ1) is 24.6. The van der Waals surface area contributed by atoms with E-state index in [1.165, 1.54) is 23.9 Å². The highest BCUT2D eigenvalue weighted by molar-refractivity contribution is 7.89. The molecule has 1 aliphatic rings. The van der Waals surface area contributed by atoms with Gasteiger partial charge in [0, 0.05) is 44.4 Å². The normalized spacial score (nSPS) is 17.0. The molecule has 1 fully saturated rings. The molecule has 1 aromatic carbocycles. The van der Waals surface area contributed by atoms with E-state index in [1.807, 2.05) is 0 Å². The first-order chi connectivity index (χ1) is 15.6. The molecule has 0 aliphatic carbocycles. The van der Waals surface area contributed by atoms with Gasteiger partial charge in [-0.3, -0.25) is 14.9 Å². The molecule has 13 heteroatoms. The fourth-order valence-electron chi connectivity index (χ4n) is 3.19. The van der Waals surface area contributed by atoms with Crippen LogP contribution in [0.4, 0.5) is 5.69 Å². The number of carbonyl (C=O) groups excluding carboxylic acids is 1. The van der Waals surface area contributed by atoms with Gasteiger partial charge in [0.25, 0.3) is 11.6 Å². The van der Waals surface area contributed by atoms with Gasteiger partial charge in [0.15, 0.2) is 5.69 Å². The molecule has 12 nitrogen and oxygen atoms in total. The number of ether oxygens (including phenoxy) is 2. The maximum atomic E-state index is 12.9. The second-order valence-electron chi connectivity index (χ2n) is 7.76. The molecule has 2 atom stereocenters. The third-order valence-corrected chi connectivity index (χ3v) is 6.81. The number of nitro groups is 1. The van der Waals surface area contributed by atoms with Crippen molar-refractivity contribution >= 4 is 21.6 Å². The van der Waals surface area contributed by atoms with E-state index >= 15 is 0 Å². The minimum Gasteiger partial charge on any atom is -0.438 e. The number of hydrogen-bond donors (Lipinski definition) is 2. The SMILES string of the molecule is CC[C@H](C)NS(=O)(=O)c1cc([N+](=O)[O-])ccc1Oc1cc(C(=O)NC[C@H]2CCCO2)nn1C. The van der Waals surface area contributed by atoms with E-state index in [4.69, 9.17) is 9.47 Å². The van der Waals surface area contributed by atoms with Crippen LogP contribution in [0.15, 0.2) is 29.2 Å². The Hall–Kier alpha value is -3.03. The smallest absolute Gasteiger partial charge is 0.272 e. The fourth-order valence-corrected chi connectivity index (χ4v) is 4.66. The Morgan fingerprint density at radius 3 is 2.82 bits per heavy atom. The average Bonchev–Trinajstić information content (AvgIpc) is 3.41. The Labute approximate surface area is 191 Å². The van der Waals surface area contributed by atoms with E-state index < -0.39 is 32.6 Å². The summed E-state index contributed by atoms with van der Waals surface area (Å²) in [5.74, 6) is -0.470. The number of aryl methyl sites for hydroxylation is 1. The molecule has 0 spiro atoms. The Morgan fingerprint density at radius 2 is 2.18 bits per heavy atom. The number of nitrogens with one attached hydrogen (secondary N) is 2. The first-order valence-corrected chi connectivity index (χ1v) is 12.0. The highest BCUT2D eigenvalue weighted by Gasteiger charge is 2.26. The molecule has 2 aromatic rings. The molecule has 3 rings (SSSR count). The van der Waals surface area contributed by atoms with Crippen LogP contribution in [0.2, 0.25) is 0 Å². The highest BCUT2D eigenvalue weighted by Crippen LogP contribution is 2.32. The van der Waals surface area contributed by atoms with Crippen LogP contribution in [-0.2, 0) is 21.8 Å². The van der Waals surface area contributed by atoms with E-state index in [1.54, 1.807) is 13.8 Å². The van der Waals surface area contributed by atoms with Gasteiger partial charge in [-0.15, -0.1) is 0 Å². The number of hydrogen-bond acceptors (Lipinski definition) is 8. The molecule has 1 saturated heterocycles. The predicted molar refractivity (Wildman–Crippen MR) is 118 cm³/mol. The van der Waals surface area contributed by atoms with Crippen LogP contribution < -0.4 is 14.8 Å². The maximum Gasteiger partial charge on any atom is 0.272 e. The summed E-state index contributed by atoms with van der Waals surface area (Å²) < 4.78 is 40.7. The molecule has 2 N–H and O–H groups in total. The van der Waals surface area contributed by atoms with Crippen molar-refractivity contribution in [2.75, 3.05) is 13.2 Å². The predicted octanol–water partition coefficient (Wildman–Crippen LogP) is 2.11. The molecule has 0 saturated carbocycles. The summed E-state index contributed by atoms with van der Waals surface area (Å²) in [5, 5.41) is 18.1. The van der Waals surface area contributed by atoms with Crippen LogP contribution in [0.5, 0.6) is 11.6 Å². The number of sulfonamides is 1. The number of amides is 1. The third-order valence-electron chi connectivity index (χ3n) is 5.19. The van der Waals surface area contributed by atoms with Crippen LogP contribution in [0.1, 0.15) is 43.6 Å². The number of non-ortho nitro benzene ring substituents is 1. The summed E-state index contributed by atoms with van der Waals surface area (Å²) in [6, 6.07) is 4.26. The number of rotatable bonds is 10. The first-order valence-electron chi connectivity index (χ1n) is 10.5. The summed E-state index contributed by atoms with van der Waals surface area (Å²) in [6.45, 7) is 4.52. The van der Waals surface area contributed by atoms with E-state index in [0.717, 1.165) is 25.0 Å². The summed E-state index contributed by atoms with van der Waals surface area (Å²) >= 11 is 0. The van der Waals surface area contributed by atoms with Gasteiger partial charge in [-0.25, -0.2) is 17.8 Å². The zero-order valence-corrected chi connectivity index (χ0v) is 19.4. The zero-order valence-electron chi connectivity index (χ0n) is 18.6. The second-order valence-corrected chi connectivity index (χ2v) is 9.44. The zero-order chi connectivity index (χ0) is 24.2. The highest BCUT2D eigenvalue weighted by atomic mass is 32.2. The summed E-state index contributed by atoms with van der Waals surface area (Å²) in [5.41, 5.74) is -0.319. The van der Waals surface area contributed by atoms with E-state index in [9.17, 15) is 23.3 Å². The van der Waals surface area contributed by atoms with Crippen molar-refractivity contribution in [2.24, 2.45) is 7.05 Å². The summed E-state index contributed by atoms with van der Waals surface area (Å²) in [6.07, 6.45) is 2.32. The van der Waals surface area contributed by atoms with Crippen LogP contribution in [0.25, 0.3) is 0 Å². The molecule has 0 unspecified atom stereocenters.